The second-order valence-electron chi connectivity index (χ2n) is 5.86. The fraction of sp³-hybridized carbons (Fsp3) is 0.500. The Kier molecular flexibility index (Phi) is 7.75. The minimum atomic E-state index is -4.94. The summed E-state index contributed by atoms with van der Waals surface area (Å²) >= 11 is 7.53. The van der Waals surface area contributed by atoms with Gasteiger partial charge in [-0.3, -0.25) is 0 Å². The maximum absolute atomic E-state index is 8.49. The van der Waals surface area contributed by atoms with Gasteiger partial charge in [0.2, 0.25) is 0 Å². The number of benzene rings is 1. The van der Waals surface area contributed by atoms with Crippen LogP contribution in [0.2, 0.25) is 0 Å². The second kappa shape index (κ2) is 8.39. The van der Waals surface area contributed by atoms with Gasteiger partial charge in [0, 0.05) is 21.7 Å². The van der Waals surface area contributed by atoms with Crippen molar-refractivity contribution in [2.75, 3.05) is 11.5 Å². The fourth-order valence-corrected chi connectivity index (χ4v) is 5.40. The maximum Gasteiger partial charge on any atom is 0.265 e. The molecule has 0 saturated carbocycles. The molecule has 0 fully saturated rings. The van der Waals surface area contributed by atoms with E-state index < -0.39 is 10.2 Å². The van der Waals surface area contributed by atoms with E-state index in [1.165, 1.54) is 21.3 Å². The van der Waals surface area contributed by atoms with Crippen molar-refractivity contribution >= 4 is 43.2 Å². The largest absolute Gasteiger partial charge is 0.265 e. The molecule has 1 heterocycles. The van der Waals surface area contributed by atoms with E-state index in [0.29, 0.717) is 5.41 Å². The summed E-state index contributed by atoms with van der Waals surface area (Å²) in [6.45, 7) is 7.05. The topological polar surface area (TPSA) is 92.2 Å². The Morgan fingerprint density at radius 2 is 1.64 bits per heavy atom. The highest BCUT2D eigenvalue weighted by Crippen LogP contribution is 2.33. The van der Waals surface area contributed by atoms with E-state index in [2.05, 4.69) is 61.0 Å². The first-order valence-electron chi connectivity index (χ1n) is 6.47. The van der Waals surface area contributed by atoms with Crippen molar-refractivity contribution in [1.29, 1.82) is 0 Å². The quantitative estimate of drug-likeness (QED) is 0.450. The zero-order valence-electron chi connectivity index (χ0n) is 12.5. The van der Waals surface area contributed by atoms with E-state index in [4.69, 9.17) is 18.6 Å². The summed E-state index contributed by atoms with van der Waals surface area (Å²) in [4.78, 5) is 0. The molecule has 124 valence electrons. The van der Waals surface area contributed by atoms with E-state index in [1.54, 1.807) is 0 Å². The Bertz CT molecular complexity index is 503. The van der Waals surface area contributed by atoms with Gasteiger partial charge in [-0.15, -0.1) is 10.2 Å². The van der Waals surface area contributed by atoms with Crippen molar-refractivity contribution in [1.82, 2.24) is 0 Å². The van der Waals surface area contributed by atoms with Crippen LogP contribution in [-0.2, 0) is 11.4 Å². The fourth-order valence-electron chi connectivity index (χ4n) is 1.69. The van der Waals surface area contributed by atoms with Crippen LogP contribution in [-0.4, -0.2) is 15.7 Å². The summed E-state index contributed by atoms with van der Waals surface area (Å²) < 4.78 is 36.6. The average Bonchev–Trinajstić information content (AvgIpc) is 2.37. The maximum atomic E-state index is 8.49. The monoisotopic (exact) mass is 428 g/mol. The molecule has 0 amide bonds. The van der Waals surface area contributed by atoms with Gasteiger partial charge >= 0.3 is 0 Å². The number of thioether (sulfide) groups is 1. The van der Waals surface area contributed by atoms with Gasteiger partial charge in [0.25, 0.3) is 4.20 Å². The molecule has 1 aromatic rings. The molecule has 4 nitrogen and oxygen atoms in total. The molecule has 8 heteroatoms. The van der Waals surface area contributed by atoms with Crippen LogP contribution < -0.4 is 18.6 Å². The lowest BCUT2D eigenvalue weighted by atomic mass is 9.83. The Balaban J connectivity index is 0.000000422. The van der Waals surface area contributed by atoms with Crippen LogP contribution in [0.25, 0.3) is 0 Å². The predicted octanol–water partition coefficient (Wildman–Crippen LogP) is -0.337. The first kappa shape index (κ1) is 20.3. The molecule has 1 aromatic carbocycles. The van der Waals surface area contributed by atoms with Crippen molar-refractivity contribution in [2.24, 2.45) is 11.3 Å². The van der Waals surface area contributed by atoms with Gasteiger partial charge in [-0.2, -0.15) is 0 Å². The molecule has 1 aliphatic rings. The molecule has 0 saturated heterocycles. The first-order valence-corrected chi connectivity index (χ1v) is 10.5. The lowest BCUT2D eigenvalue weighted by molar-refractivity contribution is -2.00. The third-order valence-corrected chi connectivity index (χ3v) is 6.51. The predicted molar refractivity (Wildman–Crippen MR) is 85.9 cm³/mol. The van der Waals surface area contributed by atoms with Crippen LogP contribution in [0.5, 0.6) is 0 Å². The Morgan fingerprint density at radius 3 is 2.00 bits per heavy atom. The van der Waals surface area contributed by atoms with E-state index in [-0.39, 0.29) is 0 Å². The molecule has 2 rings (SSSR count). The van der Waals surface area contributed by atoms with E-state index in [0.717, 1.165) is 10.4 Å². The zero-order chi connectivity index (χ0) is 17.0. The van der Waals surface area contributed by atoms with Crippen molar-refractivity contribution in [3.63, 3.8) is 0 Å². The summed E-state index contributed by atoms with van der Waals surface area (Å²) in [5, 5.41) is 0. The minimum absolute atomic E-state index is 0.436. The number of halogens is 2. The van der Waals surface area contributed by atoms with Crippen molar-refractivity contribution < 1.29 is 28.9 Å². The van der Waals surface area contributed by atoms with Gasteiger partial charge in [0.1, 0.15) is 0 Å². The van der Waals surface area contributed by atoms with Crippen LogP contribution in [0.3, 0.4) is 0 Å². The van der Waals surface area contributed by atoms with Crippen LogP contribution >= 0.6 is 27.7 Å². The lowest BCUT2D eigenvalue weighted by Crippen LogP contribution is -2.68. The molecule has 0 aromatic heterocycles. The second-order valence-corrected chi connectivity index (χ2v) is 9.85. The highest BCUT2D eigenvalue weighted by Gasteiger charge is 2.34. The first-order chi connectivity index (χ1) is 9.97. The van der Waals surface area contributed by atoms with Gasteiger partial charge in [-0.25, -0.2) is 18.6 Å². The molecule has 0 radical (unpaired) electrons. The molecule has 0 aliphatic carbocycles. The van der Waals surface area contributed by atoms with Gasteiger partial charge < -0.3 is 0 Å². The van der Waals surface area contributed by atoms with Crippen molar-refractivity contribution in [2.45, 2.75) is 20.8 Å². The van der Waals surface area contributed by atoms with Crippen molar-refractivity contribution in [3.8, 4) is 0 Å². The van der Waals surface area contributed by atoms with E-state index in [9.17, 15) is 0 Å². The minimum Gasteiger partial charge on any atom is -0.222 e. The van der Waals surface area contributed by atoms with Gasteiger partial charge in [-0.1, -0.05) is 48.5 Å². The van der Waals surface area contributed by atoms with Crippen LogP contribution in [0, 0.1) is 21.6 Å². The summed E-state index contributed by atoms with van der Waals surface area (Å²) in [6.07, 6.45) is 0. The molecule has 1 atom stereocenters. The van der Waals surface area contributed by atoms with Crippen molar-refractivity contribution in [3.05, 3.63) is 34.3 Å². The molecular formula is C14H18BrClO4S2. The highest BCUT2D eigenvalue weighted by atomic mass is 79.9. The molecule has 1 unspecified atom stereocenters. The average molecular weight is 430 g/mol. The molecule has 22 heavy (non-hydrogen) atoms. The summed E-state index contributed by atoms with van der Waals surface area (Å²) in [6, 6.07) is 8.66. The smallest absolute Gasteiger partial charge is 0.222 e. The number of hydrogen-bond donors (Lipinski definition) is 0. The third-order valence-electron chi connectivity index (χ3n) is 3.14. The SMILES string of the molecule is CC(C)(C)C1CSC(c2ccc(Br)cc2)=[S+]C1.[O-][Cl+3]([O-])([O-])[O-]. The number of hydrogen-bond acceptors (Lipinski definition) is 5. The molecular weight excluding hydrogens is 412 g/mol. The van der Waals surface area contributed by atoms with Crippen LogP contribution in [0.4, 0.5) is 0 Å². The Morgan fingerprint density at radius 1 is 1.14 bits per heavy atom. The third kappa shape index (κ3) is 8.21. The van der Waals surface area contributed by atoms with Crippen LogP contribution in [0.15, 0.2) is 28.7 Å². The molecule has 0 bridgehead atoms. The summed E-state index contributed by atoms with van der Waals surface area (Å²) in [7, 11) is -4.94. The Labute approximate surface area is 149 Å². The molecule has 1 aliphatic heterocycles. The number of rotatable bonds is 1. The van der Waals surface area contributed by atoms with E-state index in [1.807, 2.05) is 23.1 Å². The van der Waals surface area contributed by atoms with Gasteiger partial charge in [-0.05, 0) is 29.7 Å². The highest BCUT2D eigenvalue weighted by molar-refractivity contribution is 9.10. The molecule has 0 spiro atoms. The van der Waals surface area contributed by atoms with Crippen LogP contribution in [0.1, 0.15) is 26.3 Å². The summed E-state index contributed by atoms with van der Waals surface area (Å²) in [5.41, 5.74) is 1.81. The normalized spacial score (nSPS) is 19.1. The Hall–Kier alpha value is 0.270. The zero-order valence-corrected chi connectivity index (χ0v) is 16.5. The van der Waals surface area contributed by atoms with Gasteiger partial charge in [0.15, 0.2) is 17.1 Å². The standard InChI is InChI=1S/C14H18BrS2.ClHO4/c1-14(2,3)11-8-16-13(17-9-11)10-4-6-12(15)7-5-10;2-1(3,4)5/h4-7,11H,8-9H2,1-3H3;(H,2,3,4,5)/q+1;/p-1. The van der Waals surface area contributed by atoms with E-state index >= 15 is 0 Å². The lowest BCUT2D eigenvalue weighted by Gasteiger charge is -2.27. The molecule has 0 N–H and O–H groups in total. The summed E-state index contributed by atoms with van der Waals surface area (Å²) in [5.74, 6) is 3.32. The van der Waals surface area contributed by atoms with Gasteiger partial charge in [0.05, 0.1) is 0 Å².